The lowest BCUT2D eigenvalue weighted by atomic mass is 9.84. The van der Waals surface area contributed by atoms with Crippen molar-refractivity contribution < 1.29 is 62.0 Å². The molecule has 3 unspecified atom stereocenters. The number of amides is 6. The topological polar surface area (TPSA) is 248 Å². The van der Waals surface area contributed by atoms with Crippen LogP contribution >= 0.6 is 11.8 Å². The monoisotopic (exact) mass is 1040 g/mol. The first kappa shape index (κ1) is 58.3. The predicted octanol–water partition coefficient (Wildman–Crippen LogP) is 2.78. The molecule has 0 bridgehead atoms. The van der Waals surface area contributed by atoms with Gasteiger partial charge in [0.25, 0.3) is 0 Å². The molecule has 4 atom stereocenters. The molecular formula is C51H70F2N8O11S. The van der Waals surface area contributed by atoms with E-state index >= 15 is 4.39 Å². The first-order valence-corrected chi connectivity index (χ1v) is 25.6. The number of aromatic nitrogens is 2. The van der Waals surface area contributed by atoms with Crippen molar-refractivity contribution in [2.45, 2.75) is 76.9 Å². The van der Waals surface area contributed by atoms with Crippen LogP contribution in [0.25, 0.3) is 11.3 Å². The van der Waals surface area contributed by atoms with E-state index in [9.17, 15) is 43.4 Å². The zero-order chi connectivity index (χ0) is 52.9. The lowest BCUT2D eigenvalue weighted by molar-refractivity contribution is -0.141. The van der Waals surface area contributed by atoms with Crippen molar-refractivity contribution in [2.24, 2.45) is 17.1 Å². The average Bonchev–Trinajstić information content (AvgIpc) is 4.01. The molecule has 2 aliphatic rings. The largest absolute Gasteiger partial charge is 0.387 e. The van der Waals surface area contributed by atoms with Crippen molar-refractivity contribution in [2.75, 3.05) is 91.3 Å². The zero-order valence-electron chi connectivity index (χ0n) is 41.8. The van der Waals surface area contributed by atoms with Gasteiger partial charge in [0.05, 0.1) is 43.4 Å². The number of halogens is 2. The Kier molecular flexibility index (Phi) is 23.4. The Morgan fingerprint density at radius 3 is 2.14 bits per heavy atom. The van der Waals surface area contributed by atoms with Crippen LogP contribution < -0.4 is 16.4 Å². The molecule has 400 valence electrons. The first-order chi connectivity index (χ1) is 35.0. The van der Waals surface area contributed by atoms with Gasteiger partial charge < -0.3 is 55.2 Å². The third-order valence-electron chi connectivity index (χ3n) is 12.0. The summed E-state index contributed by atoms with van der Waals surface area (Å²) < 4.78 is 48.0. The van der Waals surface area contributed by atoms with Gasteiger partial charge in [-0.25, -0.2) is 13.8 Å². The van der Waals surface area contributed by atoms with E-state index in [1.54, 1.807) is 10.8 Å². The van der Waals surface area contributed by atoms with Crippen LogP contribution in [-0.4, -0.2) is 173 Å². The number of likely N-dealkylation sites (tertiary alicyclic amines) is 1. The molecule has 1 saturated heterocycles. The number of thioether (sulfide) groups is 1. The normalized spacial score (nSPS) is 16.6. The summed E-state index contributed by atoms with van der Waals surface area (Å²) in [6.45, 7) is 8.40. The van der Waals surface area contributed by atoms with Crippen LogP contribution in [0, 0.1) is 23.0 Å². The van der Waals surface area contributed by atoms with E-state index in [4.69, 9.17) is 24.9 Å². The number of rotatable bonds is 32. The summed E-state index contributed by atoms with van der Waals surface area (Å²) in [6.07, 6.45) is 4.39. The molecule has 3 heterocycles. The fourth-order valence-electron chi connectivity index (χ4n) is 8.26. The van der Waals surface area contributed by atoms with E-state index in [1.807, 2.05) is 51.1 Å². The van der Waals surface area contributed by atoms with Gasteiger partial charge in [0.1, 0.15) is 30.3 Å². The van der Waals surface area contributed by atoms with E-state index in [0.29, 0.717) is 77.9 Å². The number of benzene rings is 2. The molecule has 19 nitrogen and oxygen atoms in total. The molecule has 22 heteroatoms. The second-order valence-electron chi connectivity index (χ2n) is 18.8. The molecule has 3 aromatic rings. The zero-order valence-corrected chi connectivity index (χ0v) is 42.7. The van der Waals surface area contributed by atoms with Gasteiger partial charge in [0.2, 0.25) is 35.4 Å². The van der Waals surface area contributed by atoms with Crippen molar-refractivity contribution >= 4 is 47.2 Å². The van der Waals surface area contributed by atoms with Gasteiger partial charge in [-0.1, -0.05) is 51.1 Å². The Hall–Kier alpha value is -5.62. The molecule has 0 aliphatic carbocycles. The van der Waals surface area contributed by atoms with Gasteiger partial charge in [-0.15, -0.1) is 11.8 Å². The number of hydrogen-bond acceptors (Lipinski definition) is 14. The van der Waals surface area contributed by atoms with Gasteiger partial charge in [-0.2, -0.15) is 0 Å². The van der Waals surface area contributed by atoms with Crippen LogP contribution in [0.4, 0.5) is 8.78 Å². The van der Waals surface area contributed by atoms with E-state index in [-0.39, 0.29) is 80.2 Å². The van der Waals surface area contributed by atoms with E-state index in [2.05, 4.69) is 10.6 Å². The number of aliphatic hydroxyl groups is 2. The molecule has 2 aromatic carbocycles. The van der Waals surface area contributed by atoms with Gasteiger partial charge in [-0.05, 0) is 66.3 Å². The average molecular weight is 1040 g/mol. The smallest absolute Gasteiger partial charge is 0.248 e. The molecule has 6 amide bonds. The van der Waals surface area contributed by atoms with Gasteiger partial charge in [-0.3, -0.25) is 33.7 Å². The molecular weight excluding hydrogens is 971 g/mol. The summed E-state index contributed by atoms with van der Waals surface area (Å²) in [5.41, 5.74) is 6.59. The summed E-state index contributed by atoms with van der Waals surface area (Å²) >= 11 is 1.24. The highest BCUT2D eigenvalue weighted by Crippen LogP contribution is 2.40. The number of carbonyl (C=O) groups excluding carboxylic acids is 6. The maximum absolute atomic E-state index is 15.2. The fraction of sp³-hybridized carbons (Fsp3) is 0.549. The number of ether oxygens (including phenoxy) is 3. The number of imidazole rings is 1. The number of nitrogens with zero attached hydrogens (tertiary/aromatic N) is 5. The lowest BCUT2D eigenvalue weighted by Gasteiger charge is -2.41. The summed E-state index contributed by atoms with van der Waals surface area (Å²) in [6, 6.07) is 11.8. The highest BCUT2D eigenvalue weighted by atomic mass is 32.2. The van der Waals surface area contributed by atoms with Crippen LogP contribution in [0.5, 0.6) is 0 Å². The summed E-state index contributed by atoms with van der Waals surface area (Å²) in [7, 11) is 0. The number of carbonyl (C=O) groups is 6. The van der Waals surface area contributed by atoms with Crippen LogP contribution in [0.3, 0.4) is 0 Å². The van der Waals surface area contributed by atoms with Crippen LogP contribution in [0.1, 0.15) is 70.3 Å². The fourth-order valence-corrected chi connectivity index (χ4v) is 9.53. The second-order valence-corrected chi connectivity index (χ2v) is 20.0. The van der Waals surface area contributed by atoms with Crippen molar-refractivity contribution in [3.05, 3.63) is 89.9 Å². The van der Waals surface area contributed by atoms with Gasteiger partial charge in [0.15, 0.2) is 0 Å². The Labute approximate surface area is 429 Å². The van der Waals surface area contributed by atoms with E-state index < -0.39 is 64.8 Å². The highest BCUT2D eigenvalue weighted by molar-refractivity contribution is 8.00. The molecule has 2 aliphatic heterocycles. The molecule has 6 N–H and O–H groups in total. The highest BCUT2D eigenvalue weighted by Gasteiger charge is 2.41. The molecule has 73 heavy (non-hydrogen) atoms. The second kappa shape index (κ2) is 29.3. The quantitative estimate of drug-likeness (QED) is 0.0446. The van der Waals surface area contributed by atoms with Gasteiger partial charge >= 0.3 is 0 Å². The Morgan fingerprint density at radius 2 is 1.55 bits per heavy atom. The molecule has 0 spiro atoms. The van der Waals surface area contributed by atoms with E-state index in [0.717, 1.165) is 28.7 Å². The third-order valence-corrected chi connectivity index (χ3v) is 13.5. The Bertz CT molecular complexity index is 2340. The molecule has 1 fully saturated rings. The maximum Gasteiger partial charge on any atom is 0.248 e. The predicted molar refractivity (Wildman–Crippen MR) is 268 cm³/mol. The summed E-state index contributed by atoms with van der Waals surface area (Å²) in [5, 5.41) is 24.8. The minimum Gasteiger partial charge on any atom is -0.387 e. The number of nitrogens with one attached hydrogen (secondary N) is 2. The van der Waals surface area contributed by atoms with Crippen molar-refractivity contribution in [3.63, 3.8) is 0 Å². The molecule has 0 radical (unpaired) electrons. The minimum absolute atomic E-state index is 0.0477. The maximum atomic E-state index is 15.2. The SMILES string of the molecule is CC(C)(C)[C@H](c1nc(-c2cc(F)ccc2F)cn1Cc1ccccc1)N(CC(CN)CSC1CC(=O)N(CCC(=O)NCCCOCCOCCOCCCNC(=O)CCN2C(=O)C=CC2O)C1=O)C(=O)CO. The minimum atomic E-state index is -0.989. The first-order valence-electron chi connectivity index (χ1n) is 24.6. The number of imide groups is 1. The van der Waals surface area contributed by atoms with Crippen LogP contribution in [0.2, 0.25) is 0 Å². The molecule has 1 aromatic heterocycles. The number of hydrogen-bond donors (Lipinski definition) is 5. The Morgan fingerprint density at radius 1 is 0.918 bits per heavy atom. The lowest BCUT2D eigenvalue weighted by Crippen LogP contribution is -2.47. The van der Waals surface area contributed by atoms with Crippen molar-refractivity contribution in [1.82, 2.24) is 34.9 Å². The number of aliphatic hydroxyl groups excluding tert-OH is 2. The van der Waals surface area contributed by atoms with Crippen molar-refractivity contribution in [1.29, 1.82) is 0 Å². The Balaban J connectivity index is 0.998. The standard InChI is InChI=1S/C51H70F2N8O11S/c1-51(2,3)48(49-57-40(38-27-37(52)11-12-39(38)53)32-58(49)30-35-9-5-4-6-10-35)61(47(68)33-62)31-36(29-54)34-73-41-28-46(67)60(50(41)69)20-16-43(64)56-18-8-22-71-24-26-72-25-23-70-21-7-17-55-42(63)15-19-59-44(65)13-14-45(59)66/h4-6,9-14,27,32,36,41,44,48,62,65H,7-8,15-26,28-31,33-34,54H2,1-3H3,(H,55,63)(H,56,64)/t36?,41?,44?,48-/m0/s1. The number of nitrogens with two attached hydrogens (primary N) is 1. The van der Waals surface area contributed by atoms with Gasteiger partial charge in [0, 0.05) is 89.6 Å². The molecule has 5 rings (SSSR count). The summed E-state index contributed by atoms with van der Waals surface area (Å²) in [5.74, 6) is -3.32. The summed E-state index contributed by atoms with van der Waals surface area (Å²) in [4.78, 5) is 85.1. The van der Waals surface area contributed by atoms with E-state index in [1.165, 1.54) is 33.7 Å². The third kappa shape index (κ3) is 18.1. The van der Waals surface area contributed by atoms with Crippen molar-refractivity contribution in [3.8, 4) is 11.3 Å². The van der Waals surface area contributed by atoms with Crippen LogP contribution in [-0.2, 0) is 49.5 Å². The molecule has 0 saturated carbocycles. The van der Waals surface area contributed by atoms with Crippen LogP contribution in [0.15, 0.2) is 66.9 Å².